The molecule has 6 rings (SSSR count). The van der Waals surface area contributed by atoms with Gasteiger partial charge in [-0.3, -0.25) is 19.3 Å². The van der Waals surface area contributed by atoms with Crippen LogP contribution in [0.1, 0.15) is 37.8 Å². The number of nitrogens with zero attached hydrogens (tertiary/aromatic N) is 6. The predicted molar refractivity (Wildman–Crippen MR) is 178 cm³/mol. The molecule has 1 atom stereocenters. The molecule has 4 heterocycles. The van der Waals surface area contributed by atoms with Gasteiger partial charge in [0.1, 0.15) is 29.5 Å². The third-order valence-electron chi connectivity index (χ3n) is 9.21. The van der Waals surface area contributed by atoms with E-state index in [1.165, 1.54) is 29.6 Å². The topological polar surface area (TPSA) is 115 Å². The Morgan fingerprint density at radius 2 is 1.77 bits per heavy atom. The Bertz CT molecular complexity index is 1660. The van der Waals surface area contributed by atoms with Crippen molar-refractivity contribution in [2.24, 2.45) is 0 Å². The van der Waals surface area contributed by atoms with Crippen molar-refractivity contribution in [1.29, 1.82) is 0 Å². The SMILES string of the molecule is C=CC(=O)Nc1cc(Nc2cc(N3OCCC3c3ccc(F)cc3F)ncn2)c(OC)cc1N1CCC(N2CCN(C(C)=O)CC2)CC1. The quantitative estimate of drug-likeness (QED) is 0.314. The van der Waals surface area contributed by atoms with Gasteiger partial charge in [-0.25, -0.2) is 23.8 Å². The molecule has 48 heavy (non-hydrogen) atoms. The van der Waals surface area contributed by atoms with Gasteiger partial charge in [0.05, 0.1) is 36.8 Å². The van der Waals surface area contributed by atoms with Crippen molar-refractivity contribution < 1.29 is 27.9 Å². The number of hydrogen-bond donors (Lipinski definition) is 2. The second-order valence-corrected chi connectivity index (χ2v) is 12.0. The molecule has 3 aromatic rings. The van der Waals surface area contributed by atoms with E-state index in [2.05, 4.69) is 37.0 Å². The van der Waals surface area contributed by atoms with Gasteiger partial charge in [-0.2, -0.15) is 0 Å². The van der Waals surface area contributed by atoms with Crippen LogP contribution in [0.25, 0.3) is 0 Å². The van der Waals surface area contributed by atoms with Gasteiger partial charge < -0.3 is 25.2 Å². The molecular formula is C34H40F2N8O4. The first-order valence-corrected chi connectivity index (χ1v) is 16.1. The molecule has 1 aromatic heterocycles. The van der Waals surface area contributed by atoms with Gasteiger partial charge in [-0.15, -0.1) is 0 Å². The second-order valence-electron chi connectivity index (χ2n) is 12.0. The molecule has 3 fully saturated rings. The fourth-order valence-corrected chi connectivity index (χ4v) is 6.68. The molecule has 2 N–H and O–H groups in total. The summed E-state index contributed by atoms with van der Waals surface area (Å²) in [5, 5.41) is 7.73. The number of amides is 2. The van der Waals surface area contributed by atoms with Crippen molar-refractivity contribution in [1.82, 2.24) is 19.8 Å². The maximum Gasteiger partial charge on any atom is 0.247 e. The summed E-state index contributed by atoms with van der Waals surface area (Å²) in [5.74, 6) is -0.194. The molecule has 0 spiro atoms. The van der Waals surface area contributed by atoms with E-state index in [1.54, 1.807) is 26.2 Å². The van der Waals surface area contributed by atoms with Gasteiger partial charge in [0.15, 0.2) is 5.82 Å². The summed E-state index contributed by atoms with van der Waals surface area (Å²) in [6.07, 6.45) is 4.97. The van der Waals surface area contributed by atoms with Crippen LogP contribution >= 0.6 is 0 Å². The minimum atomic E-state index is -0.654. The first-order chi connectivity index (χ1) is 23.2. The lowest BCUT2D eigenvalue weighted by atomic mass is 10.0. The number of benzene rings is 2. The number of rotatable bonds is 9. The van der Waals surface area contributed by atoms with E-state index in [9.17, 15) is 18.4 Å². The van der Waals surface area contributed by atoms with Gasteiger partial charge in [-0.05, 0) is 31.1 Å². The molecule has 14 heteroatoms. The predicted octanol–water partition coefficient (Wildman–Crippen LogP) is 4.65. The largest absolute Gasteiger partial charge is 0.494 e. The maximum absolute atomic E-state index is 14.7. The van der Waals surface area contributed by atoms with E-state index in [1.807, 2.05) is 11.0 Å². The summed E-state index contributed by atoms with van der Waals surface area (Å²) in [7, 11) is 1.57. The number of hydroxylamine groups is 1. The van der Waals surface area contributed by atoms with Crippen LogP contribution in [0.15, 0.2) is 55.4 Å². The molecule has 0 saturated carbocycles. The zero-order valence-electron chi connectivity index (χ0n) is 27.1. The molecule has 12 nitrogen and oxygen atoms in total. The summed E-state index contributed by atoms with van der Waals surface area (Å²) in [4.78, 5) is 45.4. The summed E-state index contributed by atoms with van der Waals surface area (Å²) >= 11 is 0. The lowest BCUT2D eigenvalue weighted by Gasteiger charge is -2.43. The summed E-state index contributed by atoms with van der Waals surface area (Å²) in [6, 6.07) is 8.78. The number of carbonyl (C=O) groups is 2. The fourth-order valence-electron chi connectivity index (χ4n) is 6.68. The highest BCUT2D eigenvalue weighted by atomic mass is 19.1. The monoisotopic (exact) mass is 662 g/mol. The summed E-state index contributed by atoms with van der Waals surface area (Å²) in [6.45, 7) is 10.4. The van der Waals surface area contributed by atoms with E-state index >= 15 is 0 Å². The number of carbonyl (C=O) groups excluding carboxylic acids is 2. The molecule has 2 aromatic carbocycles. The Labute approximate surface area is 278 Å². The molecule has 0 bridgehead atoms. The van der Waals surface area contributed by atoms with Crippen LogP contribution in [0.5, 0.6) is 5.75 Å². The molecular weight excluding hydrogens is 622 g/mol. The maximum atomic E-state index is 14.7. The lowest BCUT2D eigenvalue weighted by molar-refractivity contribution is -0.131. The molecule has 254 valence electrons. The number of piperazine rings is 1. The number of nitrogens with one attached hydrogen (secondary N) is 2. The number of anilines is 5. The van der Waals surface area contributed by atoms with Crippen LogP contribution in [0, 0.1) is 11.6 Å². The Kier molecular flexibility index (Phi) is 10.0. The molecule has 3 saturated heterocycles. The highest BCUT2D eigenvalue weighted by Crippen LogP contribution is 2.41. The van der Waals surface area contributed by atoms with Crippen molar-refractivity contribution in [3.8, 4) is 5.75 Å². The van der Waals surface area contributed by atoms with Crippen molar-refractivity contribution in [2.45, 2.75) is 38.3 Å². The van der Waals surface area contributed by atoms with Gasteiger partial charge in [0, 0.05) is 82.4 Å². The Morgan fingerprint density at radius 3 is 2.46 bits per heavy atom. The van der Waals surface area contributed by atoms with E-state index < -0.39 is 17.7 Å². The van der Waals surface area contributed by atoms with E-state index in [4.69, 9.17) is 9.57 Å². The first kappa shape index (κ1) is 33.1. The number of aromatic nitrogens is 2. The number of methoxy groups -OCH3 is 1. The van der Waals surface area contributed by atoms with Crippen LogP contribution in [-0.2, 0) is 14.4 Å². The smallest absolute Gasteiger partial charge is 0.247 e. The van der Waals surface area contributed by atoms with Gasteiger partial charge in [0.2, 0.25) is 11.8 Å². The average molecular weight is 663 g/mol. The Balaban J connectivity index is 1.20. The van der Waals surface area contributed by atoms with Crippen LogP contribution in [0.4, 0.5) is 37.5 Å². The Hall–Kier alpha value is -4.82. The highest BCUT2D eigenvalue weighted by molar-refractivity contribution is 6.02. The van der Waals surface area contributed by atoms with E-state index in [0.29, 0.717) is 53.4 Å². The first-order valence-electron chi connectivity index (χ1n) is 16.1. The molecule has 1 unspecified atom stereocenters. The normalized spacial score (nSPS) is 18.9. The Morgan fingerprint density at radius 1 is 1.00 bits per heavy atom. The fraction of sp³-hybridized carbons (Fsp3) is 0.412. The number of ether oxygens (including phenoxy) is 1. The van der Waals surface area contributed by atoms with Crippen molar-refractivity contribution in [2.75, 3.05) is 73.6 Å². The van der Waals surface area contributed by atoms with Crippen LogP contribution < -0.4 is 25.3 Å². The molecule has 0 aliphatic carbocycles. The average Bonchev–Trinajstić information content (AvgIpc) is 3.58. The van der Waals surface area contributed by atoms with E-state index in [-0.39, 0.29) is 11.8 Å². The summed E-state index contributed by atoms with van der Waals surface area (Å²) < 4.78 is 34.0. The minimum Gasteiger partial charge on any atom is -0.494 e. The minimum absolute atomic E-state index is 0.124. The van der Waals surface area contributed by atoms with Gasteiger partial charge >= 0.3 is 0 Å². The summed E-state index contributed by atoms with van der Waals surface area (Å²) in [5.41, 5.74) is 2.26. The van der Waals surface area contributed by atoms with Crippen LogP contribution in [0.3, 0.4) is 0 Å². The van der Waals surface area contributed by atoms with Crippen molar-refractivity contribution in [3.63, 3.8) is 0 Å². The second kappa shape index (κ2) is 14.5. The van der Waals surface area contributed by atoms with Crippen LogP contribution in [-0.4, -0.2) is 90.6 Å². The highest BCUT2D eigenvalue weighted by Gasteiger charge is 2.32. The zero-order valence-corrected chi connectivity index (χ0v) is 27.1. The standard InChI is InChI=1S/C34H40F2N8O4/c1-4-34(46)40-27-18-28(31(47-3)19-30(27)43-10-7-24(8-11-43)42-14-12-41(13-15-42)22(2)45)39-32-20-33(38-21-37-32)44-29(9-16-48-44)25-6-5-23(35)17-26(25)36/h4-6,17-21,24,29H,1,7-16H2,2-3H3,(H,40,46)(H,37,38,39). The van der Waals surface area contributed by atoms with Gasteiger partial charge in [0.25, 0.3) is 0 Å². The third kappa shape index (κ3) is 7.19. The van der Waals surface area contributed by atoms with Crippen LogP contribution in [0.2, 0.25) is 0 Å². The van der Waals surface area contributed by atoms with Crippen molar-refractivity contribution >= 4 is 40.5 Å². The zero-order chi connectivity index (χ0) is 33.8. The van der Waals surface area contributed by atoms with Crippen molar-refractivity contribution in [3.05, 3.63) is 72.6 Å². The number of piperidine rings is 1. The third-order valence-corrected chi connectivity index (χ3v) is 9.21. The molecule has 0 radical (unpaired) electrons. The number of hydrogen-bond acceptors (Lipinski definition) is 10. The molecule has 3 aliphatic rings. The lowest BCUT2D eigenvalue weighted by Crippen LogP contribution is -2.54. The van der Waals surface area contributed by atoms with E-state index in [0.717, 1.165) is 63.9 Å². The molecule has 3 aliphatic heterocycles. The van der Waals surface area contributed by atoms with Gasteiger partial charge in [-0.1, -0.05) is 12.6 Å². The number of halogens is 2. The molecule has 2 amide bonds.